The van der Waals surface area contributed by atoms with Crippen LogP contribution in [0.15, 0.2) is 30.3 Å². The summed E-state index contributed by atoms with van der Waals surface area (Å²) in [7, 11) is 1.58. The highest BCUT2D eigenvalue weighted by atomic mass is 16.8. The van der Waals surface area contributed by atoms with Crippen LogP contribution in [0, 0.1) is 0 Å². The van der Waals surface area contributed by atoms with Gasteiger partial charge in [0.1, 0.15) is 23.9 Å². The van der Waals surface area contributed by atoms with Gasteiger partial charge in [-0.3, -0.25) is 0 Å². The highest BCUT2D eigenvalue weighted by Crippen LogP contribution is 2.54. The second-order valence-electron chi connectivity index (χ2n) is 7.00. The molecular formula is C18H22O6. The zero-order valence-electron chi connectivity index (χ0n) is 14.1. The monoisotopic (exact) mass is 334 g/mol. The van der Waals surface area contributed by atoms with E-state index in [4.69, 9.17) is 23.7 Å². The van der Waals surface area contributed by atoms with E-state index < -0.39 is 17.7 Å². The Kier molecular flexibility index (Phi) is 3.69. The number of ether oxygens (including phenoxy) is 5. The average molecular weight is 334 g/mol. The number of methoxy groups -OCH3 is 1. The number of hydrogen-bond donors (Lipinski definition) is 0. The molecule has 2 heterocycles. The summed E-state index contributed by atoms with van der Waals surface area (Å²) >= 11 is 0. The average Bonchev–Trinajstić information content (AvgIpc) is 3.04. The molecule has 1 saturated carbocycles. The predicted octanol–water partition coefficient (Wildman–Crippen LogP) is 2.27. The Labute approximate surface area is 141 Å². The number of carbonyl (C=O) groups excluding carboxylic acids is 1. The summed E-state index contributed by atoms with van der Waals surface area (Å²) in [4.78, 5) is 12.4. The summed E-state index contributed by atoms with van der Waals surface area (Å²) in [5.74, 6) is -1.05. The number of hydrogen-bond acceptors (Lipinski definition) is 6. The van der Waals surface area contributed by atoms with Crippen LogP contribution in [-0.4, -0.2) is 49.1 Å². The van der Waals surface area contributed by atoms with Gasteiger partial charge in [0, 0.05) is 7.11 Å². The molecule has 0 amide bonds. The predicted molar refractivity (Wildman–Crippen MR) is 83.3 cm³/mol. The van der Waals surface area contributed by atoms with Crippen molar-refractivity contribution in [3.05, 3.63) is 35.9 Å². The van der Waals surface area contributed by atoms with Crippen LogP contribution in [0.1, 0.15) is 37.0 Å². The van der Waals surface area contributed by atoms with Gasteiger partial charge >= 0.3 is 5.97 Å². The van der Waals surface area contributed by atoms with E-state index >= 15 is 0 Å². The molecule has 3 fully saturated rings. The number of fused-ring (bicyclic) bond motifs is 2. The van der Waals surface area contributed by atoms with Crippen LogP contribution in [0.3, 0.4) is 0 Å². The van der Waals surface area contributed by atoms with Gasteiger partial charge in [-0.15, -0.1) is 0 Å². The molecule has 1 aromatic rings. The molecule has 6 heteroatoms. The van der Waals surface area contributed by atoms with E-state index in [1.165, 1.54) is 0 Å². The van der Waals surface area contributed by atoms with Gasteiger partial charge in [-0.2, -0.15) is 0 Å². The molecule has 2 unspecified atom stereocenters. The van der Waals surface area contributed by atoms with Crippen LogP contribution in [0.5, 0.6) is 0 Å². The van der Waals surface area contributed by atoms with E-state index in [1.807, 2.05) is 32.0 Å². The van der Waals surface area contributed by atoms with Gasteiger partial charge in [0.15, 0.2) is 12.1 Å². The van der Waals surface area contributed by atoms with E-state index in [1.54, 1.807) is 19.2 Å². The Hall–Kier alpha value is -1.47. The lowest BCUT2D eigenvalue weighted by molar-refractivity contribution is -0.288. The summed E-state index contributed by atoms with van der Waals surface area (Å²) < 4.78 is 29.2. The number of esters is 1. The molecule has 3 aliphatic rings. The maximum Gasteiger partial charge on any atom is 0.338 e. The van der Waals surface area contributed by atoms with Crippen molar-refractivity contribution >= 4 is 5.97 Å². The van der Waals surface area contributed by atoms with Crippen molar-refractivity contribution in [3.8, 4) is 0 Å². The van der Waals surface area contributed by atoms with Crippen LogP contribution in [-0.2, 0) is 23.7 Å². The van der Waals surface area contributed by atoms with Crippen LogP contribution in [0.4, 0.5) is 0 Å². The quantitative estimate of drug-likeness (QED) is 0.790. The summed E-state index contributed by atoms with van der Waals surface area (Å²) in [6.45, 7) is 3.74. The molecule has 0 aromatic heterocycles. The van der Waals surface area contributed by atoms with Crippen molar-refractivity contribution in [2.45, 2.75) is 62.7 Å². The molecule has 0 N–H and O–H groups in total. The van der Waals surface area contributed by atoms with E-state index in [2.05, 4.69) is 0 Å². The molecule has 4 rings (SSSR count). The van der Waals surface area contributed by atoms with Crippen molar-refractivity contribution in [2.24, 2.45) is 0 Å². The second-order valence-corrected chi connectivity index (χ2v) is 7.00. The van der Waals surface area contributed by atoms with Gasteiger partial charge in [0.25, 0.3) is 0 Å². The van der Waals surface area contributed by atoms with Gasteiger partial charge in [-0.25, -0.2) is 4.79 Å². The molecule has 2 aliphatic heterocycles. The van der Waals surface area contributed by atoms with Crippen LogP contribution in [0.2, 0.25) is 0 Å². The number of carbonyl (C=O) groups is 1. The van der Waals surface area contributed by atoms with Gasteiger partial charge in [-0.05, 0) is 38.8 Å². The topological polar surface area (TPSA) is 63.2 Å². The van der Waals surface area contributed by atoms with Crippen molar-refractivity contribution in [1.82, 2.24) is 0 Å². The third kappa shape index (κ3) is 2.37. The van der Waals surface area contributed by atoms with Gasteiger partial charge < -0.3 is 23.7 Å². The summed E-state index contributed by atoms with van der Waals surface area (Å²) in [5.41, 5.74) is -0.162. The highest BCUT2D eigenvalue weighted by molar-refractivity contribution is 5.89. The Morgan fingerprint density at radius 2 is 1.92 bits per heavy atom. The van der Waals surface area contributed by atoms with Crippen molar-refractivity contribution in [3.63, 3.8) is 0 Å². The van der Waals surface area contributed by atoms with Crippen molar-refractivity contribution < 1.29 is 28.5 Å². The first-order valence-electron chi connectivity index (χ1n) is 8.27. The maximum atomic E-state index is 12.4. The molecular weight excluding hydrogens is 312 g/mol. The minimum atomic E-state index is -0.702. The molecule has 2 saturated heterocycles. The normalized spacial score (nSPS) is 39.5. The van der Waals surface area contributed by atoms with Crippen LogP contribution >= 0.6 is 0 Å². The summed E-state index contributed by atoms with van der Waals surface area (Å²) in [6.07, 6.45) is -0.0178. The number of rotatable bonds is 3. The first-order valence-corrected chi connectivity index (χ1v) is 8.27. The molecule has 1 aliphatic carbocycles. The zero-order valence-corrected chi connectivity index (χ0v) is 14.1. The smallest absolute Gasteiger partial charge is 0.338 e. The molecule has 1 aromatic carbocycles. The molecule has 24 heavy (non-hydrogen) atoms. The molecule has 0 bridgehead atoms. The Balaban J connectivity index is 1.54. The Morgan fingerprint density at radius 3 is 2.54 bits per heavy atom. The lowest BCUT2D eigenvalue weighted by Gasteiger charge is -2.47. The maximum absolute atomic E-state index is 12.4. The fraction of sp³-hybridized carbons (Fsp3) is 0.611. The van der Waals surface area contributed by atoms with Crippen LogP contribution in [0.25, 0.3) is 0 Å². The summed E-state index contributed by atoms with van der Waals surface area (Å²) in [5, 5.41) is 0. The van der Waals surface area contributed by atoms with Gasteiger partial charge in [0.2, 0.25) is 0 Å². The second kappa shape index (κ2) is 5.52. The number of benzene rings is 1. The Morgan fingerprint density at radius 1 is 1.17 bits per heavy atom. The molecule has 6 nitrogen and oxygen atoms in total. The minimum Gasteiger partial charge on any atom is -0.456 e. The van der Waals surface area contributed by atoms with Crippen LogP contribution < -0.4 is 0 Å². The standard InChI is InChI=1S/C18H22O6/c1-17(2)22-13-14(23-17)18(24-16(13)20-3)10-9-12(18)21-15(19)11-7-5-4-6-8-11/h4-8,12-14,16H,9-10H2,1-3H3/t12-,13?,14-,16?,18+/m1/s1. The third-order valence-electron chi connectivity index (χ3n) is 5.05. The van der Waals surface area contributed by atoms with Gasteiger partial charge in [-0.1, -0.05) is 18.2 Å². The van der Waals surface area contributed by atoms with E-state index in [9.17, 15) is 4.79 Å². The first kappa shape index (κ1) is 16.0. The Bertz CT molecular complexity index is 630. The van der Waals surface area contributed by atoms with E-state index in [0.29, 0.717) is 5.56 Å². The molecule has 5 atom stereocenters. The third-order valence-corrected chi connectivity index (χ3v) is 5.05. The molecule has 1 spiro atoms. The molecule has 130 valence electrons. The van der Waals surface area contributed by atoms with Gasteiger partial charge in [0.05, 0.1) is 5.56 Å². The zero-order chi connectivity index (χ0) is 16.9. The highest BCUT2D eigenvalue weighted by Gasteiger charge is 2.70. The minimum absolute atomic E-state index is 0.306. The lowest BCUT2D eigenvalue weighted by atomic mass is 9.72. The van der Waals surface area contributed by atoms with Crippen molar-refractivity contribution in [2.75, 3.05) is 7.11 Å². The summed E-state index contributed by atoms with van der Waals surface area (Å²) in [6, 6.07) is 8.96. The van der Waals surface area contributed by atoms with E-state index in [-0.39, 0.29) is 24.3 Å². The largest absolute Gasteiger partial charge is 0.456 e. The van der Waals surface area contributed by atoms with E-state index in [0.717, 1.165) is 12.8 Å². The SMILES string of the molecule is COC1O[C@]2(CC[C@H]2OC(=O)c2ccccc2)[C@@H]2OC(C)(C)OC12. The molecule has 0 radical (unpaired) electrons. The first-order chi connectivity index (χ1) is 11.5. The van der Waals surface area contributed by atoms with Crippen molar-refractivity contribution in [1.29, 1.82) is 0 Å². The fourth-order valence-corrected chi connectivity index (χ4v) is 3.84. The fourth-order valence-electron chi connectivity index (χ4n) is 3.84. The lowest BCUT2D eigenvalue weighted by Crippen LogP contribution is -2.61.